The summed E-state index contributed by atoms with van der Waals surface area (Å²) < 4.78 is 0. The Balaban J connectivity index is 2.20. The Morgan fingerprint density at radius 3 is 3.07 bits per heavy atom. The van der Waals surface area contributed by atoms with E-state index in [1.54, 1.807) is 6.20 Å². The van der Waals surface area contributed by atoms with Gasteiger partial charge in [0.25, 0.3) is 0 Å². The summed E-state index contributed by atoms with van der Waals surface area (Å²) in [6.45, 7) is 3.08. The van der Waals surface area contributed by atoms with Crippen LogP contribution in [-0.2, 0) is 0 Å². The third kappa shape index (κ3) is 4.57. The van der Waals surface area contributed by atoms with Crippen LogP contribution in [0.25, 0.3) is 0 Å². The van der Waals surface area contributed by atoms with Gasteiger partial charge in [-0.1, -0.05) is 6.07 Å². The van der Waals surface area contributed by atoms with E-state index in [0.717, 1.165) is 19.4 Å². The van der Waals surface area contributed by atoms with Gasteiger partial charge in [-0.3, -0.25) is 4.98 Å². The second-order valence-electron chi connectivity index (χ2n) is 3.58. The highest BCUT2D eigenvalue weighted by Gasteiger charge is 2.02. The second kappa shape index (κ2) is 6.97. The van der Waals surface area contributed by atoms with Crippen LogP contribution in [0.15, 0.2) is 24.5 Å². The van der Waals surface area contributed by atoms with Gasteiger partial charge < -0.3 is 5.32 Å². The van der Waals surface area contributed by atoms with Crippen molar-refractivity contribution in [3.05, 3.63) is 30.1 Å². The zero-order valence-electron chi connectivity index (χ0n) is 9.11. The molecule has 0 saturated carbocycles. The van der Waals surface area contributed by atoms with Gasteiger partial charge in [-0.25, -0.2) is 0 Å². The van der Waals surface area contributed by atoms with Gasteiger partial charge in [-0.15, -0.1) is 0 Å². The molecule has 1 aromatic heterocycles. The fourth-order valence-corrected chi connectivity index (χ4v) is 1.40. The predicted octanol–water partition coefficient (Wildman–Crippen LogP) is 2.43. The quantitative estimate of drug-likeness (QED) is 0.722. The number of nitrogens with one attached hydrogen (secondary N) is 1. The molecule has 0 aromatic carbocycles. The third-order valence-electron chi connectivity index (χ3n) is 2.35. The molecule has 0 aliphatic carbocycles. The first-order valence-electron chi connectivity index (χ1n) is 5.35. The average Bonchev–Trinajstić information content (AvgIpc) is 2.30. The molecule has 0 fully saturated rings. The van der Waals surface area contributed by atoms with Crippen molar-refractivity contribution in [2.24, 2.45) is 0 Å². The first-order chi connectivity index (χ1) is 7.34. The highest BCUT2D eigenvalue weighted by Crippen LogP contribution is 2.09. The highest BCUT2D eigenvalue weighted by atomic mass is 14.9. The normalized spacial score (nSPS) is 12.0. The van der Waals surface area contributed by atoms with Crippen LogP contribution in [0.1, 0.15) is 37.8 Å². The molecule has 0 radical (unpaired) electrons. The number of nitriles is 1. The van der Waals surface area contributed by atoms with Crippen LogP contribution in [0.5, 0.6) is 0 Å². The van der Waals surface area contributed by atoms with Crippen LogP contribution in [0.4, 0.5) is 0 Å². The zero-order valence-corrected chi connectivity index (χ0v) is 9.11. The minimum atomic E-state index is 0.334. The molecule has 0 saturated heterocycles. The molecule has 15 heavy (non-hydrogen) atoms. The molecule has 0 spiro atoms. The Bertz CT molecular complexity index is 302. The van der Waals surface area contributed by atoms with Crippen LogP contribution >= 0.6 is 0 Å². The Morgan fingerprint density at radius 2 is 2.40 bits per heavy atom. The first kappa shape index (κ1) is 11.7. The van der Waals surface area contributed by atoms with E-state index in [0.29, 0.717) is 12.5 Å². The molecule has 0 aliphatic rings. The minimum absolute atomic E-state index is 0.334. The van der Waals surface area contributed by atoms with Crippen molar-refractivity contribution in [3.8, 4) is 6.07 Å². The van der Waals surface area contributed by atoms with E-state index < -0.39 is 0 Å². The zero-order chi connectivity index (χ0) is 10.9. The minimum Gasteiger partial charge on any atom is -0.310 e. The summed E-state index contributed by atoms with van der Waals surface area (Å²) in [5, 5.41) is 11.8. The van der Waals surface area contributed by atoms with Crippen molar-refractivity contribution in [2.75, 3.05) is 6.54 Å². The number of hydrogen-bond donors (Lipinski definition) is 1. The lowest BCUT2D eigenvalue weighted by molar-refractivity contribution is 0.548. The van der Waals surface area contributed by atoms with E-state index in [-0.39, 0.29) is 0 Å². The van der Waals surface area contributed by atoms with E-state index in [2.05, 4.69) is 29.4 Å². The topological polar surface area (TPSA) is 48.7 Å². The summed E-state index contributed by atoms with van der Waals surface area (Å²) in [7, 11) is 0. The van der Waals surface area contributed by atoms with Crippen molar-refractivity contribution in [1.29, 1.82) is 5.26 Å². The molecule has 1 atom stereocenters. The van der Waals surface area contributed by atoms with Crippen LogP contribution < -0.4 is 5.32 Å². The lowest BCUT2D eigenvalue weighted by atomic mass is 10.1. The fourth-order valence-electron chi connectivity index (χ4n) is 1.40. The number of hydrogen-bond acceptors (Lipinski definition) is 3. The maximum atomic E-state index is 8.37. The van der Waals surface area contributed by atoms with Crippen LogP contribution in [0.3, 0.4) is 0 Å². The molecule has 0 aliphatic heterocycles. The third-order valence-corrected chi connectivity index (χ3v) is 2.35. The van der Waals surface area contributed by atoms with Gasteiger partial charge >= 0.3 is 0 Å². The Hall–Kier alpha value is -1.40. The largest absolute Gasteiger partial charge is 0.310 e. The van der Waals surface area contributed by atoms with Gasteiger partial charge in [0.1, 0.15) is 0 Å². The summed E-state index contributed by atoms with van der Waals surface area (Å²) in [5.41, 5.74) is 1.21. The summed E-state index contributed by atoms with van der Waals surface area (Å²) in [4.78, 5) is 4.08. The maximum absolute atomic E-state index is 8.37. The van der Waals surface area contributed by atoms with Crippen LogP contribution in [0.2, 0.25) is 0 Å². The molecule has 3 nitrogen and oxygen atoms in total. The van der Waals surface area contributed by atoms with Crippen molar-refractivity contribution in [1.82, 2.24) is 10.3 Å². The smallest absolute Gasteiger partial charge is 0.0621 e. The summed E-state index contributed by atoms with van der Waals surface area (Å²) >= 11 is 0. The lowest BCUT2D eigenvalue weighted by Gasteiger charge is -2.13. The van der Waals surface area contributed by atoms with Gasteiger partial charge in [0, 0.05) is 24.9 Å². The van der Waals surface area contributed by atoms with Crippen molar-refractivity contribution in [3.63, 3.8) is 0 Å². The van der Waals surface area contributed by atoms with Gasteiger partial charge in [0.15, 0.2) is 0 Å². The first-order valence-corrected chi connectivity index (χ1v) is 5.35. The van der Waals surface area contributed by atoms with Crippen molar-refractivity contribution >= 4 is 0 Å². The molecule has 0 unspecified atom stereocenters. The molecule has 3 heteroatoms. The Morgan fingerprint density at radius 1 is 1.53 bits per heavy atom. The number of nitrogens with zero attached hydrogens (tertiary/aromatic N) is 2. The van der Waals surface area contributed by atoms with Crippen LogP contribution in [0, 0.1) is 11.3 Å². The van der Waals surface area contributed by atoms with Gasteiger partial charge in [0.2, 0.25) is 0 Å². The Kier molecular flexibility index (Phi) is 5.42. The van der Waals surface area contributed by atoms with Crippen LogP contribution in [-0.4, -0.2) is 11.5 Å². The van der Waals surface area contributed by atoms with Gasteiger partial charge in [-0.2, -0.15) is 5.26 Å². The van der Waals surface area contributed by atoms with E-state index in [9.17, 15) is 0 Å². The van der Waals surface area contributed by atoms with Gasteiger partial charge in [0.05, 0.1) is 6.07 Å². The SMILES string of the molecule is C[C@H](NCCCCC#N)c1cccnc1. The molecule has 1 rings (SSSR count). The number of pyridine rings is 1. The van der Waals surface area contributed by atoms with Gasteiger partial charge in [-0.05, 0) is 37.9 Å². The molecular weight excluding hydrogens is 186 g/mol. The lowest BCUT2D eigenvalue weighted by Crippen LogP contribution is -2.19. The molecular formula is C12H17N3. The predicted molar refractivity (Wildman–Crippen MR) is 60.1 cm³/mol. The molecule has 0 bridgehead atoms. The van der Waals surface area contributed by atoms with Crippen molar-refractivity contribution < 1.29 is 0 Å². The van der Waals surface area contributed by atoms with Crippen molar-refractivity contribution in [2.45, 2.75) is 32.2 Å². The second-order valence-corrected chi connectivity index (χ2v) is 3.58. The Labute approximate surface area is 91.1 Å². The standard InChI is InChI=1S/C12H17N3/c1-11(12-6-5-8-14-10-12)15-9-4-2-3-7-13/h5-6,8,10-11,15H,2-4,9H2,1H3/t11-/m0/s1. The number of unbranched alkanes of at least 4 members (excludes halogenated alkanes) is 2. The molecule has 1 N–H and O–H groups in total. The van der Waals surface area contributed by atoms with E-state index in [1.807, 2.05) is 12.3 Å². The average molecular weight is 203 g/mol. The fraction of sp³-hybridized carbons (Fsp3) is 0.500. The molecule has 1 aromatic rings. The number of rotatable bonds is 6. The highest BCUT2D eigenvalue weighted by molar-refractivity contribution is 5.12. The van der Waals surface area contributed by atoms with E-state index in [4.69, 9.17) is 5.26 Å². The molecule has 1 heterocycles. The summed E-state index contributed by atoms with van der Waals surface area (Å²) in [5.74, 6) is 0. The summed E-state index contributed by atoms with van der Waals surface area (Å²) in [6.07, 6.45) is 6.35. The molecule has 0 amide bonds. The molecule has 80 valence electrons. The van der Waals surface area contributed by atoms with E-state index in [1.165, 1.54) is 5.56 Å². The monoisotopic (exact) mass is 203 g/mol. The van der Waals surface area contributed by atoms with E-state index >= 15 is 0 Å². The maximum Gasteiger partial charge on any atom is 0.0621 e. The number of aromatic nitrogens is 1. The summed E-state index contributed by atoms with van der Waals surface area (Å²) in [6, 6.07) is 6.50.